The maximum Gasteiger partial charge on any atom is 0.421 e. The summed E-state index contributed by atoms with van der Waals surface area (Å²) in [4.78, 5) is 91.5. The fourth-order valence-electron chi connectivity index (χ4n) is 12.7. The summed E-state index contributed by atoms with van der Waals surface area (Å²) in [6.07, 6.45) is 8.83. The van der Waals surface area contributed by atoms with Gasteiger partial charge in [0.15, 0.2) is 28.2 Å². The van der Waals surface area contributed by atoms with Gasteiger partial charge in [0.1, 0.15) is 16.9 Å². The lowest BCUT2D eigenvalue weighted by Gasteiger charge is -2.33. The van der Waals surface area contributed by atoms with Crippen molar-refractivity contribution in [1.29, 1.82) is 0 Å². The number of hydrogen-bond donors (Lipinski definition) is 2. The van der Waals surface area contributed by atoms with E-state index in [0.717, 1.165) is 78.6 Å². The molecule has 1 aliphatic rings. The summed E-state index contributed by atoms with van der Waals surface area (Å²) < 4.78 is 16.6. The van der Waals surface area contributed by atoms with Crippen LogP contribution in [0.25, 0.3) is 66.8 Å². The van der Waals surface area contributed by atoms with Gasteiger partial charge in [-0.15, -0.1) is 0 Å². The summed E-state index contributed by atoms with van der Waals surface area (Å²) in [5, 5.41) is 2.91. The Morgan fingerprint density at radius 1 is 0.372 bits per heavy atom. The predicted molar refractivity (Wildman–Crippen MR) is 468 cm³/mol. The van der Waals surface area contributed by atoms with E-state index in [9.17, 15) is 19.2 Å². The Kier molecular flexibility index (Phi) is 32.2. The molecule has 0 saturated heterocycles. The van der Waals surface area contributed by atoms with Gasteiger partial charge < -0.3 is 33.0 Å². The zero-order valence-corrected chi connectivity index (χ0v) is 71.0. The van der Waals surface area contributed by atoms with Gasteiger partial charge in [-0.1, -0.05) is 136 Å². The Bertz CT molecular complexity index is 5130. The molecule has 0 bridgehead atoms. The lowest BCUT2D eigenvalue weighted by Crippen LogP contribution is -2.47. The first-order valence-corrected chi connectivity index (χ1v) is 39.6. The highest BCUT2D eigenvalue weighted by Crippen LogP contribution is 2.32. The number of aromatic amines is 1. The quantitative estimate of drug-likeness (QED) is 0.103. The Labute approximate surface area is 669 Å². The van der Waals surface area contributed by atoms with Crippen molar-refractivity contribution in [3.8, 4) is 0 Å². The average Bonchev–Trinajstić information content (AvgIpc) is 1.76. The number of carbonyl (C=O) groups excluding carboxylic acids is 1. The molecule has 610 valence electrons. The van der Waals surface area contributed by atoms with Crippen LogP contribution in [0.3, 0.4) is 0 Å². The second-order valence-corrected chi connectivity index (χ2v) is 32.8. The molecule has 1 aliphatic heterocycles. The Morgan fingerprint density at radius 3 is 1.34 bits per heavy atom. The second-order valence-electron chi connectivity index (χ2n) is 32.8. The third kappa shape index (κ3) is 22.1. The van der Waals surface area contributed by atoms with Crippen molar-refractivity contribution < 1.29 is 9.21 Å². The zero-order chi connectivity index (χ0) is 81.9. The predicted octanol–water partition coefficient (Wildman–Crippen LogP) is 22.2. The molecule has 0 spiro atoms. The molecule has 2 amide bonds. The number of H-pyrrole nitrogens is 1. The number of carbonyl (C=O) groups is 1. The highest BCUT2D eigenvalue weighted by Gasteiger charge is 2.27. The third-order valence-electron chi connectivity index (χ3n) is 19.3. The molecule has 0 saturated carbocycles. The van der Waals surface area contributed by atoms with E-state index in [4.69, 9.17) is 4.42 Å². The van der Waals surface area contributed by atoms with Crippen LogP contribution in [0.4, 0.5) is 10.5 Å². The number of benzene rings is 3. The van der Waals surface area contributed by atoms with Crippen molar-refractivity contribution in [1.82, 2.24) is 82.6 Å². The molecule has 14 rings (SSSR count). The summed E-state index contributed by atoms with van der Waals surface area (Å²) in [6, 6.07) is 32.6. The number of nitrogens with zero attached hydrogens (tertiary/aromatic N) is 16. The Balaban J connectivity index is 0.000000205. The number of hydrogen-bond acceptors (Lipinski definition) is 14. The van der Waals surface area contributed by atoms with Crippen molar-refractivity contribution in [3.63, 3.8) is 0 Å². The van der Waals surface area contributed by atoms with Crippen molar-refractivity contribution >= 4 is 78.5 Å². The lowest BCUT2D eigenvalue weighted by molar-refractivity contribution is 0.243. The highest BCUT2D eigenvalue weighted by atomic mass is 16.4. The number of rotatable bonds is 14. The number of pyridine rings is 3. The van der Waals surface area contributed by atoms with Crippen LogP contribution in [0.1, 0.15) is 332 Å². The monoisotopic (exact) mass is 1540 g/mol. The molecule has 0 radical (unpaired) electrons. The smallest absolute Gasteiger partial charge is 0.406 e. The molecular weight excluding hydrogens is 1410 g/mol. The van der Waals surface area contributed by atoms with E-state index in [-0.39, 0.29) is 62.1 Å². The standard InChI is InChI=1S/C14H18N2O.C14H20N2O.C13H18N2.C12H17N3O.C12H17N3.C12H16N2O2.C11H16N4.2CH4/c1-9(2)11-5-6-12-13(7-11)16(10(3)4)14(17)8-15-12;1-9(2)11-5-6-12-8-15-14(17)16(10(3)4)13(12)7-11;1-9(2)11-5-6-12-13(7-11)15(8-14-12)10(3)4;1-7(2)9-5-6-10-11(13-9)15(8(3)4)12(16)14-10;1-8(2)10-5-6-11-12(14-10)15(7-13-11)9(3)4;1-7(2)9-5-6-10-11(13-9)14(8(3)4)12(15)16-10;1-7(2)10-12-5-9-11(14-10)15(6-13-9)8(3)4;;/h5-10H,1-4H3;5-7,9-10H,8H2,1-4H3,(H,15,17);5-10H,1-4H3;5-8H,1-4H3,(H,14,16);5-9H,1-4H3;5-8H,1-4H3;5-8H,1-4H3;2*1H4. The SMILES string of the molecule is C.C.CC(C)c1ccc2[nH]c(=O)n(C(C)C)c2n1.CC(C)c1ccc2c(c1)N(C(C)C)C(=O)NC2.CC(C)c1ccc2ncc(=O)n(C(C)C)c2c1.CC(C)c1ccc2ncn(C(C)C)c2c1.CC(C)c1ccc2ncn(C(C)C)c2n1.CC(C)c1ccc2oc(=O)n(C(C)C)c2n1.CC(C)c1ncc2ncn(C(C)C)c2n1. The molecule has 0 aliphatic carbocycles. The maximum atomic E-state index is 11.9. The molecular formula is C90H130N18O5. The largest absolute Gasteiger partial charge is 0.421 e. The normalized spacial score (nSPS) is 12.1. The topological polar surface area (TPSA) is 258 Å². The first-order valence-electron chi connectivity index (χ1n) is 39.6. The van der Waals surface area contributed by atoms with E-state index >= 15 is 0 Å². The van der Waals surface area contributed by atoms with Gasteiger partial charge in [0.05, 0.1) is 64.6 Å². The van der Waals surface area contributed by atoms with E-state index in [1.807, 2.05) is 110 Å². The van der Waals surface area contributed by atoms with Crippen LogP contribution in [0.2, 0.25) is 0 Å². The summed E-state index contributed by atoms with van der Waals surface area (Å²) in [7, 11) is 0. The number of amides is 2. The van der Waals surface area contributed by atoms with Gasteiger partial charge in [-0.05, 0) is 221 Å². The van der Waals surface area contributed by atoms with Crippen LogP contribution in [0.15, 0.2) is 141 Å². The number of nitrogens with one attached hydrogen (secondary N) is 2. The highest BCUT2D eigenvalue weighted by molar-refractivity contribution is 5.95. The molecule has 10 aromatic heterocycles. The molecule has 0 atom stereocenters. The molecule has 11 heterocycles. The molecule has 23 nitrogen and oxygen atoms in total. The van der Waals surface area contributed by atoms with Crippen molar-refractivity contribution in [2.45, 2.75) is 299 Å². The first kappa shape index (κ1) is 91.4. The van der Waals surface area contributed by atoms with Crippen molar-refractivity contribution in [2.75, 3.05) is 4.90 Å². The number of imidazole rings is 4. The summed E-state index contributed by atoms with van der Waals surface area (Å²) in [5.74, 6) is 3.59. The van der Waals surface area contributed by atoms with E-state index < -0.39 is 0 Å². The molecule has 23 heteroatoms. The third-order valence-corrected chi connectivity index (χ3v) is 19.3. The summed E-state index contributed by atoms with van der Waals surface area (Å²) in [6.45, 7) is 59.4. The number of aromatic nitrogens is 16. The van der Waals surface area contributed by atoms with Crippen LogP contribution < -0.4 is 27.2 Å². The lowest BCUT2D eigenvalue weighted by atomic mass is 9.98. The van der Waals surface area contributed by atoms with Gasteiger partial charge in [0, 0.05) is 71.8 Å². The first-order chi connectivity index (χ1) is 52.3. The van der Waals surface area contributed by atoms with Crippen molar-refractivity contribution in [3.05, 3.63) is 199 Å². The van der Waals surface area contributed by atoms with Gasteiger partial charge in [0.2, 0.25) is 0 Å². The summed E-state index contributed by atoms with van der Waals surface area (Å²) >= 11 is 0. The van der Waals surface area contributed by atoms with E-state index in [2.05, 4.69) is 268 Å². The van der Waals surface area contributed by atoms with Gasteiger partial charge in [-0.3, -0.25) is 18.8 Å². The average molecular weight is 1540 g/mol. The van der Waals surface area contributed by atoms with Crippen LogP contribution >= 0.6 is 0 Å². The Hall–Kier alpha value is -10.4. The zero-order valence-electron chi connectivity index (χ0n) is 71.0. The minimum Gasteiger partial charge on any atom is -0.406 e. The van der Waals surface area contributed by atoms with Gasteiger partial charge in [-0.25, -0.2) is 59.2 Å². The fourth-order valence-corrected chi connectivity index (χ4v) is 12.7. The number of oxazole rings is 1. The second kappa shape index (κ2) is 39.8. The molecule has 13 aromatic rings. The minimum atomic E-state index is -0.335. The summed E-state index contributed by atoms with van der Waals surface area (Å²) in [5.41, 5.74) is 19.8. The number of fused-ring (bicyclic) bond motifs is 7. The number of anilines is 1. The van der Waals surface area contributed by atoms with E-state index in [0.29, 0.717) is 77.3 Å². The van der Waals surface area contributed by atoms with Crippen LogP contribution in [-0.4, -0.2) is 89.3 Å². The van der Waals surface area contributed by atoms with Crippen molar-refractivity contribution in [2.24, 2.45) is 0 Å². The van der Waals surface area contributed by atoms with Crippen LogP contribution in [0, 0.1) is 0 Å². The molecule has 2 N–H and O–H groups in total. The van der Waals surface area contributed by atoms with E-state index in [1.165, 1.54) is 34.0 Å². The molecule has 113 heavy (non-hydrogen) atoms. The van der Waals surface area contributed by atoms with Crippen LogP contribution in [-0.2, 0) is 6.54 Å². The molecule has 3 aromatic carbocycles. The van der Waals surface area contributed by atoms with Gasteiger partial charge >= 0.3 is 17.5 Å². The van der Waals surface area contributed by atoms with E-state index in [1.54, 1.807) is 19.9 Å². The fraction of sp³-hybridized carbons (Fsp3) is 0.500. The van der Waals surface area contributed by atoms with Gasteiger partial charge in [0.25, 0.3) is 5.56 Å². The molecule has 0 unspecified atom stereocenters. The maximum absolute atomic E-state index is 11.9. The van der Waals surface area contributed by atoms with Gasteiger partial charge in [-0.2, -0.15) is 0 Å². The number of urea groups is 1. The Morgan fingerprint density at radius 2 is 0.823 bits per heavy atom. The van der Waals surface area contributed by atoms with Crippen LogP contribution in [0.5, 0.6) is 0 Å². The minimum absolute atomic E-state index is 0. The molecule has 0 fully saturated rings.